The Bertz CT molecular complexity index is 874. The van der Waals surface area contributed by atoms with E-state index in [1.807, 2.05) is 6.08 Å². The summed E-state index contributed by atoms with van der Waals surface area (Å²) in [6, 6.07) is -0.634. The molecule has 0 radical (unpaired) electrons. The second kappa shape index (κ2) is 46.0. The molecule has 3 N–H and O–H groups in total. The Balaban J connectivity index is 3.47. The molecule has 0 aromatic heterocycles. The fourth-order valence-electron chi connectivity index (χ4n) is 7.39. The van der Waals surface area contributed by atoms with Crippen LogP contribution >= 0.6 is 0 Å². The number of esters is 1. The second-order valence-corrected chi connectivity index (χ2v) is 16.8. The highest BCUT2D eigenvalue weighted by Crippen LogP contribution is 2.15. The molecule has 6 nitrogen and oxygen atoms in total. The summed E-state index contributed by atoms with van der Waals surface area (Å²) in [5, 5.41) is 23.0. The van der Waals surface area contributed by atoms with Gasteiger partial charge in [-0.2, -0.15) is 0 Å². The van der Waals surface area contributed by atoms with E-state index in [1.165, 1.54) is 173 Å². The highest BCUT2D eigenvalue weighted by Gasteiger charge is 2.18. The summed E-state index contributed by atoms with van der Waals surface area (Å²) in [5.74, 6) is -0.0933. The van der Waals surface area contributed by atoms with E-state index in [9.17, 15) is 19.8 Å². The van der Waals surface area contributed by atoms with Gasteiger partial charge in [-0.25, -0.2) is 0 Å². The van der Waals surface area contributed by atoms with Crippen LogP contribution in [0.1, 0.15) is 258 Å². The summed E-state index contributed by atoms with van der Waals surface area (Å²) >= 11 is 0. The number of allylic oxidation sites excluding steroid dienone is 3. The Morgan fingerprint density at radius 2 is 0.839 bits per heavy atom. The summed E-state index contributed by atoms with van der Waals surface area (Å²) in [6.07, 6.45) is 53.1. The molecule has 0 aliphatic rings. The minimum atomic E-state index is -0.850. The molecule has 6 heteroatoms. The Labute approximate surface area is 348 Å². The molecule has 0 heterocycles. The summed E-state index contributed by atoms with van der Waals surface area (Å²) < 4.78 is 5.45. The van der Waals surface area contributed by atoms with Gasteiger partial charge in [0.15, 0.2) is 0 Å². The largest absolute Gasteiger partial charge is 0.466 e. The molecule has 0 aliphatic heterocycles. The number of rotatable bonds is 45. The van der Waals surface area contributed by atoms with Crippen molar-refractivity contribution in [2.45, 2.75) is 270 Å². The van der Waals surface area contributed by atoms with Gasteiger partial charge in [0.1, 0.15) is 0 Å². The maximum absolute atomic E-state index is 12.4. The van der Waals surface area contributed by atoms with E-state index in [2.05, 4.69) is 31.3 Å². The molecule has 1 amide bonds. The summed E-state index contributed by atoms with van der Waals surface area (Å²) in [5.41, 5.74) is 0. The van der Waals surface area contributed by atoms with Crippen molar-refractivity contribution in [2.24, 2.45) is 0 Å². The lowest BCUT2D eigenvalue weighted by atomic mass is 10.0. The van der Waals surface area contributed by atoms with Crippen molar-refractivity contribution in [3.8, 4) is 0 Å². The zero-order chi connectivity index (χ0) is 40.8. The van der Waals surface area contributed by atoms with Crippen LogP contribution in [0.2, 0.25) is 0 Å². The van der Waals surface area contributed by atoms with Crippen LogP contribution in [0.4, 0.5) is 0 Å². The molecule has 0 aromatic rings. The molecular weight excluding hydrogens is 695 g/mol. The van der Waals surface area contributed by atoms with Crippen molar-refractivity contribution >= 4 is 11.9 Å². The fraction of sp³-hybridized carbons (Fsp3) is 0.880. The summed E-state index contributed by atoms with van der Waals surface area (Å²) in [4.78, 5) is 24.4. The number of hydrogen-bond donors (Lipinski definition) is 3. The average Bonchev–Trinajstić information content (AvgIpc) is 3.20. The predicted molar refractivity (Wildman–Crippen MR) is 241 cm³/mol. The fourth-order valence-corrected chi connectivity index (χ4v) is 7.39. The van der Waals surface area contributed by atoms with Crippen molar-refractivity contribution in [1.29, 1.82) is 0 Å². The SMILES string of the molecule is CCCCCC/C=C\CCCCCCCC(=O)OCCCCCCCCCCCCCCCCC(=O)NC(CO)C(O)/C=C/CCCCCCCCCCCC. The number of nitrogens with one attached hydrogen (secondary N) is 1. The second-order valence-electron chi connectivity index (χ2n) is 16.8. The molecule has 330 valence electrons. The van der Waals surface area contributed by atoms with Crippen LogP contribution in [-0.4, -0.2) is 47.4 Å². The molecule has 0 aromatic carbocycles. The molecule has 56 heavy (non-hydrogen) atoms. The maximum atomic E-state index is 12.4. The van der Waals surface area contributed by atoms with Crippen LogP contribution in [0, 0.1) is 0 Å². The van der Waals surface area contributed by atoms with E-state index in [0.29, 0.717) is 19.4 Å². The first kappa shape index (κ1) is 54.3. The quantitative estimate of drug-likeness (QED) is 0.0324. The van der Waals surface area contributed by atoms with E-state index >= 15 is 0 Å². The Morgan fingerprint density at radius 1 is 0.482 bits per heavy atom. The number of hydrogen-bond acceptors (Lipinski definition) is 5. The number of carbonyl (C=O) groups is 2. The lowest BCUT2D eigenvalue weighted by molar-refractivity contribution is -0.143. The van der Waals surface area contributed by atoms with Crippen LogP contribution in [0.15, 0.2) is 24.3 Å². The summed E-state index contributed by atoms with van der Waals surface area (Å²) in [6.45, 7) is 4.85. The van der Waals surface area contributed by atoms with Gasteiger partial charge >= 0.3 is 5.97 Å². The third-order valence-electron chi connectivity index (χ3n) is 11.2. The highest BCUT2D eigenvalue weighted by molar-refractivity contribution is 5.76. The van der Waals surface area contributed by atoms with Gasteiger partial charge in [0.05, 0.1) is 25.4 Å². The number of unbranched alkanes of at least 4 members (excludes halogenated alkanes) is 32. The molecule has 0 fully saturated rings. The molecule has 0 aliphatic carbocycles. The van der Waals surface area contributed by atoms with E-state index in [4.69, 9.17) is 4.74 Å². The number of aliphatic hydroxyl groups excluding tert-OH is 2. The third kappa shape index (κ3) is 42.0. The zero-order valence-electron chi connectivity index (χ0n) is 37.4. The first-order valence-corrected chi connectivity index (χ1v) is 24.6. The van der Waals surface area contributed by atoms with E-state index < -0.39 is 12.1 Å². The topological polar surface area (TPSA) is 95.9 Å². The van der Waals surface area contributed by atoms with Gasteiger partial charge < -0.3 is 20.3 Å². The molecule has 2 unspecified atom stereocenters. The normalized spacial score (nSPS) is 12.9. The molecule has 0 saturated heterocycles. The van der Waals surface area contributed by atoms with Crippen molar-refractivity contribution in [3.63, 3.8) is 0 Å². The molecule has 0 spiro atoms. The van der Waals surface area contributed by atoms with Crippen LogP contribution in [0.25, 0.3) is 0 Å². The van der Waals surface area contributed by atoms with Gasteiger partial charge in [-0.1, -0.05) is 212 Å². The number of aliphatic hydroxyl groups is 2. The Kier molecular flexibility index (Phi) is 44.7. The molecule has 0 rings (SSSR count). The molecular formula is C50H95NO5. The highest BCUT2D eigenvalue weighted by atomic mass is 16.5. The van der Waals surface area contributed by atoms with Crippen LogP contribution in [0.3, 0.4) is 0 Å². The number of ether oxygens (including phenoxy) is 1. The van der Waals surface area contributed by atoms with Crippen LogP contribution in [0.5, 0.6) is 0 Å². The van der Waals surface area contributed by atoms with Crippen molar-refractivity contribution < 1.29 is 24.5 Å². The molecule has 0 bridgehead atoms. The number of amides is 1. The van der Waals surface area contributed by atoms with Gasteiger partial charge in [-0.3, -0.25) is 9.59 Å². The number of carbonyl (C=O) groups excluding carboxylic acids is 2. The first-order chi connectivity index (χ1) is 27.5. The van der Waals surface area contributed by atoms with Gasteiger partial charge in [0.25, 0.3) is 0 Å². The van der Waals surface area contributed by atoms with Crippen molar-refractivity contribution in [3.05, 3.63) is 24.3 Å². The zero-order valence-corrected chi connectivity index (χ0v) is 37.4. The van der Waals surface area contributed by atoms with Gasteiger partial charge in [0, 0.05) is 12.8 Å². The molecule has 0 saturated carbocycles. The maximum Gasteiger partial charge on any atom is 0.305 e. The average molecular weight is 790 g/mol. The lowest BCUT2D eigenvalue weighted by Gasteiger charge is -2.20. The molecule has 2 atom stereocenters. The van der Waals surface area contributed by atoms with Gasteiger partial charge in [-0.15, -0.1) is 0 Å². The van der Waals surface area contributed by atoms with E-state index in [1.54, 1.807) is 6.08 Å². The van der Waals surface area contributed by atoms with Gasteiger partial charge in [0.2, 0.25) is 5.91 Å². The van der Waals surface area contributed by atoms with Crippen LogP contribution in [-0.2, 0) is 14.3 Å². The van der Waals surface area contributed by atoms with E-state index in [0.717, 1.165) is 57.8 Å². The first-order valence-electron chi connectivity index (χ1n) is 24.6. The van der Waals surface area contributed by atoms with Crippen molar-refractivity contribution in [2.75, 3.05) is 13.2 Å². The minimum Gasteiger partial charge on any atom is -0.466 e. The minimum absolute atomic E-state index is 0.0133. The van der Waals surface area contributed by atoms with Crippen LogP contribution < -0.4 is 5.32 Å². The van der Waals surface area contributed by atoms with Gasteiger partial charge in [-0.05, 0) is 57.8 Å². The smallest absolute Gasteiger partial charge is 0.305 e. The van der Waals surface area contributed by atoms with Crippen molar-refractivity contribution in [1.82, 2.24) is 5.32 Å². The third-order valence-corrected chi connectivity index (χ3v) is 11.2. The Morgan fingerprint density at radius 3 is 1.29 bits per heavy atom. The lowest BCUT2D eigenvalue weighted by Crippen LogP contribution is -2.45. The Hall–Kier alpha value is -1.66. The van der Waals surface area contributed by atoms with E-state index in [-0.39, 0.29) is 18.5 Å². The predicted octanol–water partition coefficient (Wildman–Crippen LogP) is 14.3. The standard InChI is InChI=1S/C50H95NO5/c1-3-5-7-9-11-13-15-19-24-28-32-36-40-44-50(55)56-45-41-37-33-29-25-21-18-17-20-23-27-31-35-39-43-49(54)51-47(46-52)48(53)42-38-34-30-26-22-16-14-12-10-8-6-4-2/h13,15,38,42,47-48,52-53H,3-12,14,16-37,39-41,43-46H2,1-2H3,(H,51,54)/b15-13-,42-38+. The monoisotopic (exact) mass is 790 g/mol. The summed E-state index contributed by atoms with van der Waals surface area (Å²) in [7, 11) is 0.